The van der Waals surface area contributed by atoms with E-state index in [0.717, 1.165) is 0 Å². The zero-order valence-corrected chi connectivity index (χ0v) is 9.56. The van der Waals surface area contributed by atoms with Crippen LogP contribution in [0, 0.1) is 5.92 Å². The van der Waals surface area contributed by atoms with Crippen molar-refractivity contribution in [3.63, 3.8) is 0 Å². The van der Waals surface area contributed by atoms with Gasteiger partial charge in [-0.25, -0.2) is 4.79 Å². The van der Waals surface area contributed by atoms with Crippen molar-refractivity contribution in [1.29, 1.82) is 0 Å². The lowest BCUT2D eigenvalue weighted by Gasteiger charge is -2.23. The lowest BCUT2D eigenvalue weighted by molar-refractivity contribution is -0.178. The number of aliphatic hydroxyl groups is 2. The standard InChI is InChI=1S/C11H20O4/c1-5-7(3)10(13)15-11(14)8(4)9(12)6-2/h8-9,11-12,14H,3,5-6H2,1-2,4H3. The van der Waals surface area contributed by atoms with Crippen LogP contribution >= 0.6 is 0 Å². The van der Waals surface area contributed by atoms with E-state index in [-0.39, 0.29) is 0 Å². The molecule has 0 aliphatic carbocycles. The van der Waals surface area contributed by atoms with Gasteiger partial charge in [-0.15, -0.1) is 0 Å². The minimum Gasteiger partial charge on any atom is -0.432 e. The van der Waals surface area contributed by atoms with E-state index in [0.29, 0.717) is 18.4 Å². The van der Waals surface area contributed by atoms with E-state index < -0.39 is 24.3 Å². The summed E-state index contributed by atoms with van der Waals surface area (Å²) in [5.41, 5.74) is 0.312. The monoisotopic (exact) mass is 216 g/mol. The zero-order chi connectivity index (χ0) is 12.0. The first kappa shape index (κ1) is 14.1. The number of carbonyl (C=O) groups excluding carboxylic acids is 1. The molecule has 4 heteroatoms. The van der Waals surface area contributed by atoms with Crippen molar-refractivity contribution in [2.45, 2.75) is 46.0 Å². The van der Waals surface area contributed by atoms with Gasteiger partial charge in [0, 0.05) is 11.5 Å². The summed E-state index contributed by atoms with van der Waals surface area (Å²) in [4.78, 5) is 11.2. The SMILES string of the molecule is C=C(CC)C(=O)OC(O)C(C)C(O)CC. The maximum absolute atomic E-state index is 11.2. The van der Waals surface area contributed by atoms with Crippen molar-refractivity contribution >= 4 is 5.97 Å². The zero-order valence-electron chi connectivity index (χ0n) is 9.56. The lowest BCUT2D eigenvalue weighted by Crippen LogP contribution is -2.33. The molecule has 2 N–H and O–H groups in total. The fraction of sp³-hybridized carbons (Fsp3) is 0.727. The first-order valence-electron chi connectivity index (χ1n) is 5.18. The predicted octanol–water partition coefficient (Wildman–Crippen LogP) is 1.22. The van der Waals surface area contributed by atoms with Crippen molar-refractivity contribution in [1.82, 2.24) is 0 Å². The fourth-order valence-electron chi connectivity index (χ4n) is 1.01. The number of hydrogen-bond acceptors (Lipinski definition) is 4. The summed E-state index contributed by atoms with van der Waals surface area (Å²) < 4.78 is 4.74. The molecular weight excluding hydrogens is 196 g/mol. The van der Waals surface area contributed by atoms with Crippen molar-refractivity contribution in [2.24, 2.45) is 5.92 Å². The van der Waals surface area contributed by atoms with Crippen molar-refractivity contribution in [3.8, 4) is 0 Å². The maximum atomic E-state index is 11.2. The second kappa shape index (κ2) is 6.58. The van der Waals surface area contributed by atoms with Gasteiger partial charge >= 0.3 is 5.97 Å². The van der Waals surface area contributed by atoms with E-state index in [2.05, 4.69) is 6.58 Å². The first-order valence-corrected chi connectivity index (χ1v) is 5.18. The smallest absolute Gasteiger partial charge is 0.335 e. The number of rotatable bonds is 6. The summed E-state index contributed by atoms with van der Waals surface area (Å²) in [6, 6.07) is 0. The summed E-state index contributed by atoms with van der Waals surface area (Å²) >= 11 is 0. The maximum Gasteiger partial charge on any atom is 0.335 e. The molecule has 0 saturated carbocycles. The molecule has 15 heavy (non-hydrogen) atoms. The van der Waals surface area contributed by atoms with Gasteiger partial charge in [-0.05, 0) is 12.8 Å². The second-order valence-corrected chi connectivity index (χ2v) is 3.59. The molecule has 0 aliphatic rings. The van der Waals surface area contributed by atoms with Gasteiger partial charge in [-0.1, -0.05) is 27.4 Å². The molecule has 0 spiro atoms. The summed E-state index contributed by atoms with van der Waals surface area (Å²) in [7, 11) is 0. The molecule has 0 heterocycles. The van der Waals surface area contributed by atoms with Gasteiger partial charge in [-0.2, -0.15) is 0 Å². The Morgan fingerprint density at radius 2 is 1.93 bits per heavy atom. The molecule has 0 saturated heterocycles. The first-order chi connectivity index (χ1) is 6.93. The summed E-state index contributed by atoms with van der Waals surface area (Å²) in [6.07, 6.45) is -0.973. The molecular formula is C11H20O4. The van der Waals surface area contributed by atoms with Crippen molar-refractivity contribution < 1.29 is 19.7 Å². The molecule has 0 rings (SSSR count). The van der Waals surface area contributed by atoms with E-state index in [1.165, 1.54) is 0 Å². The van der Waals surface area contributed by atoms with Crippen molar-refractivity contribution in [2.75, 3.05) is 0 Å². The number of carbonyl (C=O) groups is 1. The van der Waals surface area contributed by atoms with E-state index >= 15 is 0 Å². The van der Waals surface area contributed by atoms with E-state index in [1.807, 2.05) is 0 Å². The molecule has 3 unspecified atom stereocenters. The van der Waals surface area contributed by atoms with Crippen LogP contribution in [0.25, 0.3) is 0 Å². The highest BCUT2D eigenvalue weighted by Crippen LogP contribution is 2.14. The Bertz CT molecular complexity index is 225. The molecule has 0 aromatic heterocycles. The third-order valence-electron chi connectivity index (χ3n) is 2.42. The normalized spacial score (nSPS) is 16.6. The van der Waals surface area contributed by atoms with Crippen LogP contribution in [0.5, 0.6) is 0 Å². The van der Waals surface area contributed by atoms with E-state index in [1.54, 1.807) is 20.8 Å². The Kier molecular flexibility index (Phi) is 6.20. The highest BCUT2D eigenvalue weighted by Gasteiger charge is 2.24. The molecule has 4 nitrogen and oxygen atoms in total. The third kappa shape index (κ3) is 4.44. The topological polar surface area (TPSA) is 66.8 Å². The Labute approximate surface area is 90.6 Å². The third-order valence-corrected chi connectivity index (χ3v) is 2.42. The second-order valence-electron chi connectivity index (χ2n) is 3.59. The Morgan fingerprint density at radius 1 is 1.40 bits per heavy atom. The quantitative estimate of drug-likeness (QED) is 0.398. The lowest BCUT2D eigenvalue weighted by atomic mass is 10.0. The van der Waals surface area contributed by atoms with Gasteiger partial charge in [0.2, 0.25) is 6.29 Å². The number of esters is 1. The molecule has 0 fully saturated rings. The predicted molar refractivity (Wildman–Crippen MR) is 57.0 cm³/mol. The van der Waals surface area contributed by atoms with E-state index in [9.17, 15) is 15.0 Å². The minimum absolute atomic E-state index is 0.312. The molecule has 0 bridgehead atoms. The average molecular weight is 216 g/mol. The van der Waals surface area contributed by atoms with Crippen LogP contribution in [0.4, 0.5) is 0 Å². The Hall–Kier alpha value is -0.870. The van der Waals surface area contributed by atoms with Gasteiger partial charge in [0.1, 0.15) is 0 Å². The summed E-state index contributed by atoms with van der Waals surface area (Å²) in [5, 5.41) is 18.9. The van der Waals surface area contributed by atoms with Gasteiger partial charge in [0.05, 0.1) is 6.10 Å². The van der Waals surface area contributed by atoms with Gasteiger partial charge in [0.25, 0.3) is 0 Å². The average Bonchev–Trinajstić information content (AvgIpc) is 2.25. The van der Waals surface area contributed by atoms with Crippen LogP contribution in [0.15, 0.2) is 12.2 Å². The van der Waals surface area contributed by atoms with Crippen LogP contribution in [0.1, 0.15) is 33.6 Å². The van der Waals surface area contributed by atoms with Crippen LogP contribution in [0.2, 0.25) is 0 Å². The largest absolute Gasteiger partial charge is 0.432 e. The molecule has 0 aliphatic heterocycles. The molecule has 0 radical (unpaired) electrons. The van der Waals surface area contributed by atoms with Crippen LogP contribution in [-0.2, 0) is 9.53 Å². The van der Waals surface area contributed by atoms with Crippen LogP contribution < -0.4 is 0 Å². The molecule has 0 amide bonds. The number of hydrogen-bond donors (Lipinski definition) is 2. The van der Waals surface area contributed by atoms with Gasteiger partial charge in [-0.3, -0.25) is 0 Å². The van der Waals surface area contributed by atoms with Crippen molar-refractivity contribution in [3.05, 3.63) is 12.2 Å². The molecule has 0 aromatic carbocycles. The molecule has 3 atom stereocenters. The fourth-order valence-corrected chi connectivity index (χ4v) is 1.01. The minimum atomic E-state index is -1.28. The molecule has 0 aromatic rings. The highest BCUT2D eigenvalue weighted by molar-refractivity contribution is 5.87. The van der Waals surface area contributed by atoms with Crippen LogP contribution in [0.3, 0.4) is 0 Å². The van der Waals surface area contributed by atoms with Gasteiger partial charge < -0.3 is 14.9 Å². The Morgan fingerprint density at radius 3 is 2.33 bits per heavy atom. The Balaban J connectivity index is 4.18. The number of ether oxygens (including phenoxy) is 1. The highest BCUT2D eigenvalue weighted by atomic mass is 16.6. The van der Waals surface area contributed by atoms with Crippen LogP contribution in [-0.4, -0.2) is 28.6 Å². The summed E-state index contributed by atoms with van der Waals surface area (Å²) in [6.45, 7) is 8.70. The number of aliphatic hydroxyl groups excluding tert-OH is 2. The van der Waals surface area contributed by atoms with E-state index in [4.69, 9.17) is 4.74 Å². The summed E-state index contributed by atoms with van der Waals surface area (Å²) in [5.74, 6) is -1.11. The van der Waals surface area contributed by atoms with Gasteiger partial charge in [0.15, 0.2) is 0 Å². The molecule has 88 valence electrons.